The summed E-state index contributed by atoms with van der Waals surface area (Å²) in [6, 6.07) is 7.36. The fourth-order valence-corrected chi connectivity index (χ4v) is 1.76. The lowest BCUT2D eigenvalue weighted by molar-refractivity contribution is 0.475. The molecule has 1 heterocycles. The van der Waals surface area contributed by atoms with Gasteiger partial charge in [0.15, 0.2) is 0 Å². The van der Waals surface area contributed by atoms with Crippen LogP contribution in [0.2, 0.25) is 0 Å². The van der Waals surface area contributed by atoms with Crippen molar-refractivity contribution in [2.75, 3.05) is 7.05 Å². The van der Waals surface area contributed by atoms with Crippen LogP contribution in [0.3, 0.4) is 0 Å². The number of hydrogen-bond acceptors (Lipinski definition) is 2. The molecule has 0 amide bonds. The van der Waals surface area contributed by atoms with Gasteiger partial charge in [-0.1, -0.05) is 6.07 Å². The fourth-order valence-electron chi connectivity index (χ4n) is 1.76. The average molecular weight is 251 g/mol. The van der Waals surface area contributed by atoms with Gasteiger partial charge in [-0.05, 0) is 38.2 Å². The van der Waals surface area contributed by atoms with Crippen molar-refractivity contribution in [2.45, 2.75) is 19.4 Å². The molecule has 0 bridgehead atoms. The van der Waals surface area contributed by atoms with Gasteiger partial charge in [0.05, 0.1) is 5.56 Å². The molecular weight excluding hydrogens is 236 g/mol. The Bertz CT molecular complexity index is 516. The monoisotopic (exact) mass is 251 g/mol. The lowest BCUT2D eigenvalue weighted by atomic mass is 10.1. The summed E-state index contributed by atoms with van der Waals surface area (Å²) in [4.78, 5) is 0. The lowest BCUT2D eigenvalue weighted by Crippen LogP contribution is -2.23. The maximum absolute atomic E-state index is 13.6. The van der Waals surface area contributed by atoms with Crippen LogP contribution >= 0.6 is 0 Å². The highest BCUT2D eigenvalue weighted by Crippen LogP contribution is 2.28. The second-order valence-electron chi connectivity index (χ2n) is 4.26. The number of benzene rings is 1. The zero-order valence-electron chi connectivity index (χ0n) is 10.3. The predicted octanol–water partition coefficient (Wildman–Crippen LogP) is 3.38. The van der Waals surface area contributed by atoms with E-state index in [0.717, 1.165) is 0 Å². The van der Waals surface area contributed by atoms with Crippen LogP contribution in [-0.4, -0.2) is 13.1 Å². The SMILES string of the molecule is CNC(C)Cc1ccc(-c2c(F)cccc2F)o1. The highest BCUT2D eigenvalue weighted by atomic mass is 19.1. The van der Waals surface area contributed by atoms with E-state index in [1.54, 1.807) is 12.1 Å². The third-order valence-corrected chi connectivity index (χ3v) is 2.87. The van der Waals surface area contributed by atoms with Gasteiger partial charge in [0, 0.05) is 12.5 Å². The Morgan fingerprint density at radius 3 is 2.44 bits per heavy atom. The Balaban J connectivity index is 2.30. The molecule has 0 radical (unpaired) electrons. The molecule has 2 rings (SSSR count). The number of rotatable bonds is 4. The van der Waals surface area contributed by atoms with E-state index in [1.165, 1.54) is 18.2 Å². The molecule has 18 heavy (non-hydrogen) atoms. The largest absolute Gasteiger partial charge is 0.461 e. The van der Waals surface area contributed by atoms with Gasteiger partial charge in [-0.15, -0.1) is 0 Å². The number of furan rings is 1. The summed E-state index contributed by atoms with van der Waals surface area (Å²) in [6.45, 7) is 2.01. The number of likely N-dealkylation sites (N-methyl/N-ethyl adjacent to an activating group) is 1. The van der Waals surface area contributed by atoms with Crippen molar-refractivity contribution < 1.29 is 13.2 Å². The minimum absolute atomic E-state index is 0.110. The molecule has 1 aromatic carbocycles. The van der Waals surface area contributed by atoms with Gasteiger partial charge in [-0.25, -0.2) is 8.78 Å². The van der Waals surface area contributed by atoms with Crippen molar-refractivity contribution in [1.29, 1.82) is 0 Å². The topological polar surface area (TPSA) is 25.2 Å². The van der Waals surface area contributed by atoms with Crippen molar-refractivity contribution in [1.82, 2.24) is 5.32 Å². The molecule has 0 spiro atoms. The Morgan fingerprint density at radius 2 is 1.83 bits per heavy atom. The van der Waals surface area contributed by atoms with Crippen LogP contribution in [0.25, 0.3) is 11.3 Å². The summed E-state index contributed by atoms with van der Waals surface area (Å²) in [5.41, 5.74) is -0.110. The van der Waals surface area contributed by atoms with Crippen molar-refractivity contribution in [2.24, 2.45) is 0 Å². The predicted molar refractivity (Wildman–Crippen MR) is 66.3 cm³/mol. The van der Waals surface area contributed by atoms with E-state index in [1.807, 2.05) is 14.0 Å². The van der Waals surface area contributed by atoms with E-state index >= 15 is 0 Å². The van der Waals surface area contributed by atoms with E-state index in [4.69, 9.17) is 4.42 Å². The third kappa shape index (κ3) is 2.59. The quantitative estimate of drug-likeness (QED) is 0.901. The van der Waals surface area contributed by atoms with Crippen LogP contribution in [0.5, 0.6) is 0 Å². The Hall–Kier alpha value is -1.68. The molecule has 1 unspecified atom stereocenters. The molecule has 0 saturated carbocycles. The van der Waals surface area contributed by atoms with Gasteiger partial charge in [0.2, 0.25) is 0 Å². The highest BCUT2D eigenvalue weighted by molar-refractivity contribution is 5.59. The van der Waals surface area contributed by atoms with Gasteiger partial charge in [0.1, 0.15) is 23.2 Å². The zero-order chi connectivity index (χ0) is 13.1. The first-order valence-corrected chi connectivity index (χ1v) is 5.82. The van der Waals surface area contributed by atoms with E-state index in [9.17, 15) is 8.78 Å². The minimum Gasteiger partial charge on any atom is -0.461 e. The summed E-state index contributed by atoms with van der Waals surface area (Å²) in [5.74, 6) is -0.298. The second kappa shape index (κ2) is 5.31. The molecule has 96 valence electrons. The van der Waals surface area contributed by atoms with E-state index in [0.29, 0.717) is 12.2 Å². The molecule has 1 N–H and O–H groups in total. The zero-order valence-corrected chi connectivity index (χ0v) is 10.3. The molecule has 0 saturated heterocycles. The summed E-state index contributed by atoms with van der Waals surface area (Å²) in [6.07, 6.45) is 0.673. The smallest absolute Gasteiger partial charge is 0.140 e. The van der Waals surface area contributed by atoms with Crippen LogP contribution < -0.4 is 5.32 Å². The van der Waals surface area contributed by atoms with Crippen molar-refractivity contribution in [3.8, 4) is 11.3 Å². The molecule has 2 nitrogen and oxygen atoms in total. The first-order chi connectivity index (χ1) is 8.61. The first kappa shape index (κ1) is 12.8. The maximum Gasteiger partial charge on any atom is 0.140 e. The van der Waals surface area contributed by atoms with Crippen LogP contribution in [-0.2, 0) is 6.42 Å². The summed E-state index contributed by atoms with van der Waals surface area (Å²) < 4.78 is 32.6. The van der Waals surface area contributed by atoms with Crippen molar-refractivity contribution in [3.63, 3.8) is 0 Å². The van der Waals surface area contributed by atoms with Gasteiger partial charge in [0.25, 0.3) is 0 Å². The molecular formula is C14H15F2NO. The van der Waals surface area contributed by atoms with Crippen molar-refractivity contribution >= 4 is 0 Å². The van der Waals surface area contributed by atoms with E-state index in [2.05, 4.69) is 5.32 Å². The van der Waals surface area contributed by atoms with Crippen LogP contribution in [0.1, 0.15) is 12.7 Å². The lowest BCUT2D eigenvalue weighted by Gasteiger charge is -2.07. The first-order valence-electron chi connectivity index (χ1n) is 5.82. The van der Waals surface area contributed by atoms with Crippen LogP contribution in [0.15, 0.2) is 34.7 Å². The van der Waals surface area contributed by atoms with Gasteiger partial charge < -0.3 is 9.73 Å². The molecule has 4 heteroatoms. The third-order valence-electron chi connectivity index (χ3n) is 2.87. The summed E-state index contributed by atoms with van der Waals surface area (Å²) >= 11 is 0. The molecule has 1 aromatic heterocycles. The van der Waals surface area contributed by atoms with Gasteiger partial charge >= 0.3 is 0 Å². The van der Waals surface area contributed by atoms with Gasteiger partial charge in [-0.2, -0.15) is 0 Å². The standard InChI is InChI=1S/C14H15F2NO/c1-9(17-2)8-10-6-7-13(18-10)14-11(15)4-3-5-12(14)16/h3-7,9,17H,8H2,1-2H3. The summed E-state index contributed by atoms with van der Waals surface area (Å²) in [7, 11) is 1.85. The molecule has 0 aliphatic rings. The normalized spacial score (nSPS) is 12.7. The molecule has 2 aromatic rings. The highest BCUT2D eigenvalue weighted by Gasteiger charge is 2.15. The molecule has 0 fully saturated rings. The summed E-state index contributed by atoms with van der Waals surface area (Å²) in [5, 5.41) is 3.08. The molecule has 1 atom stereocenters. The van der Waals surface area contributed by atoms with Crippen LogP contribution in [0.4, 0.5) is 8.78 Å². The average Bonchev–Trinajstić information content (AvgIpc) is 2.77. The number of hydrogen-bond donors (Lipinski definition) is 1. The maximum atomic E-state index is 13.6. The van der Waals surface area contributed by atoms with E-state index < -0.39 is 11.6 Å². The number of nitrogens with one attached hydrogen (secondary N) is 1. The Kier molecular flexibility index (Phi) is 3.77. The minimum atomic E-state index is -0.613. The van der Waals surface area contributed by atoms with Crippen molar-refractivity contribution in [3.05, 3.63) is 47.7 Å². The fraction of sp³-hybridized carbons (Fsp3) is 0.286. The molecule has 0 aliphatic carbocycles. The Labute approximate surface area is 105 Å². The van der Waals surface area contributed by atoms with Crippen LogP contribution in [0, 0.1) is 11.6 Å². The second-order valence-corrected chi connectivity index (χ2v) is 4.26. The number of halogens is 2. The Morgan fingerprint density at radius 1 is 1.17 bits per heavy atom. The van der Waals surface area contributed by atoms with E-state index in [-0.39, 0.29) is 17.4 Å². The van der Waals surface area contributed by atoms with Gasteiger partial charge in [-0.3, -0.25) is 0 Å². The molecule has 0 aliphatic heterocycles.